The Hall–Kier alpha value is -1.03. The quantitative estimate of drug-likeness (QED) is 0.731. The van der Waals surface area contributed by atoms with Gasteiger partial charge in [0.05, 0.1) is 0 Å². The highest BCUT2D eigenvalue weighted by atomic mass is 32.2. The van der Waals surface area contributed by atoms with Gasteiger partial charge in [0, 0.05) is 18.6 Å². The van der Waals surface area contributed by atoms with Crippen LogP contribution in [0.15, 0.2) is 17.0 Å². The Morgan fingerprint density at radius 3 is 2.21 bits per heavy atom. The molecule has 2 N–H and O–H groups in total. The van der Waals surface area contributed by atoms with Gasteiger partial charge in [-0.05, 0) is 25.0 Å². The average Bonchev–Trinajstić information content (AvgIpc) is 2.85. The molecule has 0 unspecified atom stereocenters. The minimum Gasteiger partial charge on any atom is -0.423 e. The number of benzene rings is 1. The molecule has 1 aliphatic rings. The van der Waals surface area contributed by atoms with E-state index in [4.69, 9.17) is 10.0 Å². The monoisotopic (exact) mass is 291 g/mol. The topological polar surface area (TPSA) is 77.8 Å². The molecule has 0 radical (unpaired) electrons. The molecule has 0 spiro atoms. The zero-order valence-corrected chi connectivity index (χ0v) is 10.7. The van der Waals surface area contributed by atoms with Crippen molar-refractivity contribution in [2.24, 2.45) is 0 Å². The fourth-order valence-corrected chi connectivity index (χ4v) is 3.58. The summed E-state index contributed by atoms with van der Waals surface area (Å²) in [5.74, 6) is -2.37. The third kappa shape index (κ3) is 2.64. The summed E-state index contributed by atoms with van der Waals surface area (Å²) in [7, 11) is -6.28. The highest BCUT2D eigenvalue weighted by Crippen LogP contribution is 2.23. The zero-order valence-electron chi connectivity index (χ0n) is 9.88. The lowest BCUT2D eigenvalue weighted by Gasteiger charge is -2.16. The highest BCUT2D eigenvalue weighted by molar-refractivity contribution is 7.89. The Morgan fingerprint density at radius 1 is 1.11 bits per heavy atom. The SMILES string of the molecule is O=S(=O)(c1cc(F)c(B(O)O)cc1F)N1CCCC1. The molecule has 5 nitrogen and oxygen atoms in total. The normalized spacial score (nSPS) is 16.8. The standard InChI is InChI=1S/C10H12BF2NO4S/c12-8-6-10(9(13)5-7(8)11(15)16)19(17,18)14-3-1-2-4-14/h5-6,15-16H,1-4H2. The molecule has 0 atom stereocenters. The van der Waals surface area contributed by atoms with Crippen molar-refractivity contribution in [3.05, 3.63) is 23.8 Å². The first-order chi connectivity index (χ1) is 8.84. The van der Waals surface area contributed by atoms with Crippen LogP contribution in [0, 0.1) is 11.6 Å². The number of rotatable bonds is 3. The van der Waals surface area contributed by atoms with Crippen molar-refractivity contribution in [2.75, 3.05) is 13.1 Å². The summed E-state index contributed by atoms with van der Waals surface area (Å²) in [6.45, 7) is 0.543. The van der Waals surface area contributed by atoms with Gasteiger partial charge in [-0.25, -0.2) is 17.2 Å². The van der Waals surface area contributed by atoms with E-state index in [1.54, 1.807) is 0 Å². The second-order valence-electron chi connectivity index (χ2n) is 4.29. The largest absolute Gasteiger partial charge is 0.491 e. The maximum absolute atomic E-state index is 13.7. The molecule has 1 saturated heterocycles. The number of hydrogen-bond donors (Lipinski definition) is 2. The summed E-state index contributed by atoms with van der Waals surface area (Å²) < 4.78 is 52.5. The molecule has 2 rings (SSSR count). The first-order valence-corrected chi connectivity index (χ1v) is 7.13. The predicted molar refractivity (Wildman–Crippen MR) is 64.2 cm³/mol. The smallest absolute Gasteiger partial charge is 0.423 e. The van der Waals surface area contributed by atoms with E-state index in [2.05, 4.69) is 0 Å². The molecular formula is C10H12BF2NO4S. The van der Waals surface area contributed by atoms with Crippen LogP contribution in [0.2, 0.25) is 0 Å². The van der Waals surface area contributed by atoms with Crippen molar-refractivity contribution < 1.29 is 27.2 Å². The van der Waals surface area contributed by atoms with Gasteiger partial charge in [0.25, 0.3) is 0 Å². The third-order valence-corrected chi connectivity index (χ3v) is 4.93. The lowest BCUT2D eigenvalue weighted by Crippen LogP contribution is -2.35. The molecule has 0 bridgehead atoms. The van der Waals surface area contributed by atoms with Crippen molar-refractivity contribution in [2.45, 2.75) is 17.7 Å². The molecule has 1 aromatic rings. The number of nitrogens with zero attached hydrogens (tertiary/aromatic N) is 1. The van der Waals surface area contributed by atoms with Crippen LogP contribution in [0.5, 0.6) is 0 Å². The summed E-state index contributed by atoms with van der Waals surface area (Å²) in [5, 5.41) is 17.6. The third-order valence-electron chi connectivity index (χ3n) is 3.01. The molecule has 1 fully saturated rings. The molecule has 0 aliphatic carbocycles. The Bertz CT molecular complexity index is 587. The minimum absolute atomic E-state index is 0.272. The molecule has 19 heavy (non-hydrogen) atoms. The molecule has 0 saturated carbocycles. The van der Waals surface area contributed by atoms with Gasteiger partial charge in [0.2, 0.25) is 10.0 Å². The molecule has 1 aliphatic heterocycles. The van der Waals surface area contributed by atoms with E-state index in [-0.39, 0.29) is 13.1 Å². The van der Waals surface area contributed by atoms with Crippen LogP contribution in [-0.2, 0) is 10.0 Å². The van der Waals surface area contributed by atoms with Gasteiger partial charge in [0.15, 0.2) is 0 Å². The number of halogens is 2. The molecule has 104 valence electrons. The van der Waals surface area contributed by atoms with Crippen molar-refractivity contribution >= 4 is 22.6 Å². The summed E-state index contributed by atoms with van der Waals surface area (Å²) in [5.41, 5.74) is -0.696. The molecular weight excluding hydrogens is 279 g/mol. The predicted octanol–water partition coefficient (Wildman–Crippen LogP) is -0.571. The fraction of sp³-hybridized carbons (Fsp3) is 0.400. The van der Waals surface area contributed by atoms with Gasteiger partial charge in [-0.3, -0.25) is 0 Å². The van der Waals surface area contributed by atoms with E-state index in [1.807, 2.05) is 0 Å². The van der Waals surface area contributed by atoms with Gasteiger partial charge in [-0.1, -0.05) is 0 Å². The van der Waals surface area contributed by atoms with E-state index in [1.165, 1.54) is 0 Å². The lowest BCUT2D eigenvalue weighted by atomic mass is 9.80. The summed E-state index contributed by atoms with van der Waals surface area (Å²) in [6, 6.07) is 0.973. The maximum Gasteiger partial charge on any atom is 0.491 e. The molecule has 9 heteroatoms. The second-order valence-corrected chi connectivity index (χ2v) is 6.20. The molecule has 0 aromatic heterocycles. The Labute approximate surface area is 109 Å². The maximum atomic E-state index is 13.7. The van der Waals surface area contributed by atoms with Crippen molar-refractivity contribution in [1.82, 2.24) is 4.31 Å². The Balaban J connectivity index is 2.48. The van der Waals surface area contributed by atoms with Crippen molar-refractivity contribution in [1.29, 1.82) is 0 Å². The van der Waals surface area contributed by atoms with Gasteiger partial charge >= 0.3 is 7.12 Å². The minimum atomic E-state index is -4.08. The zero-order chi connectivity index (χ0) is 14.2. The van der Waals surface area contributed by atoms with Crippen LogP contribution in [-0.4, -0.2) is 43.0 Å². The van der Waals surface area contributed by atoms with Crippen molar-refractivity contribution in [3.8, 4) is 0 Å². The molecule has 1 aromatic carbocycles. The van der Waals surface area contributed by atoms with Crippen LogP contribution >= 0.6 is 0 Å². The van der Waals surface area contributed by atoms with Crippen LogP contribution < -0.4 is 5.46 Å². The highest BCUT2D eigenvalue weighted by Gasteiger charge is 2.31. The van der Waals surface area contributed by atoms with E-state index in [0.29, 0.717) is 25.0 Å². The van der Waals surface area contributed by atoms with Crippen LogP contribution in [0.3, 0.4) is 0 Å². The summed E-state index contributed by atoms with van der Waals surface area (Å²) >= 11 is 0. The molecule has 0 amide bonds. The van der Waals surface area contributed by atoms with E-state index >= 15 is 0 Å². The van der Waals surface area contributed by atoms with Gasteiger partial charge in [-0.2, -0.15) is 4.31 Å². The van der Waals surface area contributed by atoms with Crippen LogP contribution in [0.4, 0.5) is 8.78 Å². The summed E-state index contributed by atoms with van der Waals surface area (Å²) in [6.07, 6.45) is 1.35. The second kappa shape index (κ2) is 5.16. The van der Waals surface area contributed by atoms with Crippen LogP contribution in [0.25, 0.3) is 0 Å². The van der Waals surface area contributed by atoms with E-state index in [9.17, 15) is 17.2 Å². The van der Waals surface area contributed by atoms with E-state index in [0.717, 1.165) is 4.31 Å². The van der Waals surface area contributed by atoms with E-state index < -0.39 is 39.1 Å². The van der Waals surface area contributed by atoms with Gasteiger partial charge in [-0.15, -0.1) is 0 Å². The van der Waals surface area contributed by atoms with Gasteiger partial charge < -0.3 is 10.0 Å². The Kier molecular flexibility index (Phi) is 3.91. The first kappa shape index (κ1) is 14.4. The number of hydrogen-bond acceptors (Lipinski definition) is 4. The average molecular weight is 291 g/mol. The first-order valence-electron chi connectivity index (χ1n) is 5.69. The fourth-order valence-electron chi connectivity index (χ4n) is 2.01. The summed E-state index contributed by atoms with van der Waals surface area (Å²) in [4.78, 5) is -0.781. The van der Waals surface area contributed by atoms with Crippen molar-refractivity contribution in [3.63, 3.8) is 0 Å². The number of sulfonamides is 1. The lowest BCUT2D eigenvalue weighted by molar-refractivity contribution is 0.421. The van der Waals surface area contributed by atoms with Crippen LogP contribution in [0.1, 0.15) is 12.8 Å². The van der Waals surface area contributed by atoms with Gasteiger partial charge in [0.1, 0.15) is 16.5 Å². The Morgan fingerprint density at radius 2 is 1.68 bits per heavy atom. The molecule has 1 heterocycles.